The maximum absolute atomic E-state index is 14.0. The lowest BCUT2D eigenvalue weighted by Crippen LogP contribution is -2.46. The van der Waals surface area contributed by atoms with E-state index in [9.17, 15) is 49.4 Å². The van der Waals surface area contributed by atoms with Crippen LogP contribution in [-0.2, 0) is 23.8 Å². The molecule has 9 atom stereocenters. The highest BCUT2D eigenvalue weighted by molar-refractivity contribution is 6.32. The summed E-state index contributed by atoms with van der Waals surface area (Å²) >= 11 is 0. The van der Waals surface area contributed by atoms with Crippen LogP contribution in [0.5, 0.6) is 11.5 Å². The number of ether oxygens (including phenoxy) is 4. The molecule has 1 amide bonds. The smallest absolute Gasteiger partial charge is 0.344 e. The normalized spacial score (nSPS) is 33.3. The molecule has 3 aliphatic heterocycles. The highest BCUT2D eigenvalue weighted by Gasteiger charge is 2.54. The summed E-state index contributed by atoms with van der Waals surface area (Å²) in [4.78, 5) is 78.2. The monoisotopic (exact) mass is 740 g/mol. The molecule has 4 N–H and O–H groups in total. The maximum atomic E-state index is 14.0. The second-order valence-electron chi connectivity index (χ2n) is 13.8. The van der Waals surface area contributed by atoms with E-state index in [-0.39, 0.29) is 16.9 Å². The number of aromatic hydroxyl groups is 1. The molecule has 0 saturated carbocycles. The van der Waals surface area contributed by atoms with E-state index in [1.165, 1.54) is 53.0 Å². The fourth-order valence-corrected chi connectivity index (χ4v) is 6.85. The van der Waals surface area contributed by atoms with Gasteiger partial charge in [0, 0.05) is 55.8 Å². The van der Waals surface area contributed by atoms with Gasteiger partial charge in [0.1, 0.15) is 17.6 Å². The van der Waals surface area contributed by atoms with E-state index in [2.05, 4.69) is 5.32 Å². The molecular formula is C37H44N2O14. The Kier molecular flexibility index (Phi) is 11.8. The lowest BCUT2D eigenvalue weighted by atomic mass is 9.78. The van der Waals surface area contributed by atoms with E-state index in [0.29, 0.717) is 0 Å². The Morgan fingerprint density at radius 3 is 2.19 bits per heavy atom. The Hall–Kier alpha value is -5.19. The highest BCUT2D eigenvalue weighted by atomic mass is 16.7. The third kappa shape index (κ3) is 7.39. The van der Waals surface area contributed by atoms with E-state index in [1.54, 1.807) is 33.8 Å². The van der Waals surface area contributed by atoms with Crippen LogP contribution in [0.2, 0.25) is 0 Å². The molecule has 4 aliphatic rings. The Bertz CT molecular complexity index is 1880. The molecule has 0 saturated heterocycles. The number of hydrogen-bond donors (Lipinski definition) is 4. The SMILES string of the molecule is CO[C@H]1/C=C/O[C@]2(C)Oc3c(C)c(O)c4c(c3C2=O)C(=O)C([N+](=O)[O-])=C(NC(=O)/C(C)=C\C=C\[C@@H](C)[C@@H](O)[C@@H](C)[C@H](O)[C@H](C)[C@H](OC(C)=O)[C@H]1C)C4=O. The first-order valence-electron chi connectivity index (χ1n) is 16.9. The van der Waals surface area contributed by atoms with Crippen molar-refractivity contribution in [3.63, 3.8) is 0 Å². The van der Waals surface area contributed by atoms with Crippen LogP contribution >= 0.6 is 0 Å². The number of methoxy groups -OCH3 is 1. The first kappa shape index (κ1) is 40.6. The van der Waals surface area contributed by atoms with Crippen LogP contribution in [0.15, 0.2) is 47.5 Å². The second kappa shape index (κ2) is 15.4. The van der Waals surface area contributed by atoms with Gasteiger partial charge in [0.25, 0.3) is 17.5 Å². The number of carbonyl (C=O) groups excluding carboxylic acids is 5. The number of esters is 1. The van der Waals surface area contributed by atoms with Gasteiger partial charge >= 0.3 is 17.5 Å². The van der Waals surface area contributed by atoms with Crippen molar-refractivity contribution in [3.8, 4) is 11.5 Å². The number of nitrogens with zero attached hydrogens (tertiary/aromatic N) is 1. The molecule has 16 heteroatoms. The minimum Gasteiger partial charge on any atom is -0.507 e. The van der Waals surface area contributed by atoms with Crippen LogP contribution in [0, 0.1) is 40.7 Å². The summed E-state index contributed by atoms with van der Waals surface area (Å²) in [5, 5.41) is 48.1. The van der Waals surface area contributed by atoms with Gasteiger partial charge in [-0.15, -0.1) is 0 Å². The number of rotatable bonds is 3. The van der Waals surface area contributed by atoms with E-state index in [1.807, 2.05) is 0 Å². The van der Waals surface area contributed by atoms with E-state index in [4.69, 9.17) is 18.9 Å². The Morgan fingerprint density at radius 1 is 0.962 bits per heavy atom. The van der Waals surface area contributed by atoms with E-state index in [0.717, 1.165) is 6.26 Å². The number of phenols is 1. The number of hydrogen-bond acceptors (Lipinski definition) is 14. The molecule has 286 valence electrons. The maximum Gasteiger partial charge on any atom is 0.344 e. The van der Waals surface area contributed by atoms with Gasteiger partial charge in [0.2, 0.25) is 5.78 Å². The largest absolute Gasteiger partial charge is 0.507 e. The lowest BCUT2D eigenvalue weighted by Gasteiger charge is -2.38. The van der Waals surface area contributed by atoms with E-state index >= 15 is 0 Å². The summed E-state index contributed by atoms with van der Waals surface area (Å²) in [6.07, 6.45) is 2.61. The fourth-order valence-electron chi connectivity index (χ4n) is 6.85. The van der Waals surface area contributed by atoms with Gasteiger partial charge in [-0.05, 0) is 19.9 Å². The quantitative estimate of drug-likeness (QED) is 0.198. The average molecular weight is 741 g/mol. The predicted octanol–water partition coefficient (Wildman–Crippen LogP) is 3.23. The zero-order valence-electron chi connectivity index (χ0n) is 30.8. The molecule has 5 bridgehead atoms. The van der Waals surface area contributed by atoms with Crippen LogP contribution in [-0.4, -0.2) is 86.8 Å². The second-order valence-corrected chi connectivity index (χ2v) is 13.8. The summed E-state index contributed by atoms with van der Waals surface area (Å²) in [5.74, 6) is -11.5. The van der Waals surface area contributed by atoms with Gasteiger partial charge in [-0.1, -0.05) is 45.9 Å². The summed E-state index contributed by atoms with van der Waals surface area (Å²) < 4.78 is 22.9. The molecule has 1 aliphatic carbocycles. The zero-order valence-corrected chi connectivity index (χ0v) is 30.8. The van der Waals surface area contributed by atoms with Crippen molar-refractivity contribution >= 4 is 29.2 Å². The summed E-state index contributed by atoms with van der Waals surface area (Å²) in [7, 11) is 1.37. The predicted molar refractivity (Wildman–Crippen MR) is 185 cm³/mol. The van der Waals surface area contributed by atoms with Crippen molar-refractivity contribution < 1.29 is 63.2 Å². The number of carbonyl (C=O) groups is 5. The van der Waals surface area contributed by atoms with Crippen molar-refractivity contribution in [1.29, 1.82) is 0 Å². The molecule has 0 radical (unpaired) electrons. The topological polar surface area (TPSA) is 238 Å². The fraction of sp³-hybridized carbons (Fsp3) is 0.486. The number of fused-ring (bicyclic) bond motifs is 14. The van der Waals surface area contributed by atoms with Crippen LogP contribution in [0.1, 0.15) is 85.1 Å². The van der Waals surface area contributed by atoms with Crippen LogP contribution in [0.25, 0.3) is 0 Å². The molecule has 53 heavy (non-hydrogen) atoms. The Balaban J connectivity index is 1.91. The first-order chi connectivity index (χ1) is 24.7. The molecule has 0 fully saturated rings. The van der Waals surface area contributed by atoms with Crippen LogP contribution in [0.3, 0.4) is 0 Å². The Labute approximate surface area is 305 Å². The number of amides is 1. The van der Waals surface area contributed by atoms with Crippen molar-refractivity contribution in [3.05, 3.63) is 79.9 Å². The molecular weight excluding hydrogens is 696 g/mol. The van der Waals surface area contributed by atoms with Gasteiger partial charge in [-0.3, -0.25) is 34.1 Å². The summed E-state index contributed by atoms with van der Waals surface area (Å²) in [6, 6.07) is 0. The number of nitro groups is 1. The number of Topliss-reactive ketones (excluding diaryl/α,β-unsaturated/α-hetero) is 3. The number of allylic oxidation sites excluding steroid dienone is 4. The minimum atomic E-state index is -2.22. The number of benzene rings is 1. The molecule has 16 nitrogen and oxygen atoms in total. The molecule has 0 unspecified atom stereocenters. The molecule has 1 aromatic rings. The van der Waals surface area contributed by atoms with E-state index < -0.39 is 122 Å². The average Bonchev–Trinajstić information content (AvgIpc) is 3.36. The minimum absolute atomic E-state index is 0.0647. The van der Waals surface area contributed by atoms with Crippen molar-refractivity contribution in [2.24, 2.45) is 23.7 Å². The third-order valence-corrected chi connectivity index (χ3v) is 10.1. The molecule has 1 aromatic carbocycles. The molecule has 0 spiro atoms. The zero-order chi connectivity index (χ0) is 39.9. The summed E-state index contributed by atoms with van der Waals surface area (Å²) in [5.41, 5.74) is -4.63. The van der Waals surface area contributed by atoms with Gasteiger partial charge in [0.05, 0.1) is 46.2 Å². The molecule has 3 heterocycles. The standard InChI is InChI=1S/C37H44N2O14/c1-15-11-10-12-16(2)36(47)38-26-27(39(48)49)32(45)23-24(31(26)44)30(43)20(6)34-25(23)35(46)37(8,53-34)51-14-13-22(50-9)17(3)33(52-21(7)40)19(5)29(42)18(4)28(15)41/h10-15,17-19,22,28-29,33,41-43H,1-9H3,(H,38,47)/b11-10+,14-13+,16-12-/t15-,17+,18-,19+,22+,28-,29+,33-,37-/m1/s1. The highest BCUT2D eigenvalue weighted by Crippen LogP contribution is 2.48. The third-order valence-electron chi connectivity index (χ3n) is 10.1. The molecule has 5 rings (SSSR count). The summed E-state index contributed by atoms with van der Waals surface area (Å²) in [6.45, 7) is 11.7. The number of aliphatic hydroxyl groups is 2. The lowest BCUT2D eigenvalue weighted by molar-refractivity contribution is -0.417. The first-order valence-corrected chi connectivity index (χ1v) is 16.9. The number of phenolic OH excluding ortho intramolecular Hbond substituents is 1. The number of ketones is 3. The van der Waals surface area contributed by atoms with Gasteiger partial charge in [0.15, 0.2) is 5.70 Å². The van der Waals surface area contributed by atoms with Crippen molar-refractivity contribution in [2.75, 3.05) is 7.11 Å². The number of nitrogens with one attached hydrogen (secondary N) is 1. The van der Waals surface area contributed by atoms with Gasteiger partial charge < -0.3 is 39.6 Å². The van der Waals surface area contributed by atoms with Crippen molar-refractivity contribution in [1.82, 2.24) is 5.32 Å². The molecule has 0 aromatic heterocycles. The van der Waals surface area contributed by atoms with Crippen molar-refractivity contribution in [2.45, 2.75) is 85.6 Å². The van der Waals surface area contributed by atoms with Gasteiger partial charge in [-0.2, -0.15) is 0 Å². The van der Waals surface area contributed by atoms with Crippen LogP contribution < -0.4 is 10.1 Å². The van der Waals surface area contributed by atoms with Gasteiger partial charge in [-0.25, -0.2) is 0 Å². The Morgan fingerprint density at radius 2 is 1.60 bits per heavy atom. The van der Waals surface area contributed by atoms with Crippen LogP contribution in [0.4, 0.5) is 0 Å². The number of aliphatic hydroxyl groups excluding tert-OH is 2.